The second kappa shape index (κ2) is 25.9. The van der Waals surface area contributed by atoms with Crippen LogP contribution in [-0.2, 0) is 26.5 Å². The van der Waals surface area contributed by atoms with Crippen molar-refractivity contribution in [3.63, 3.8) is 0 Å². The van der Waals surface area contributed by atoms with Gasteiger partial charge in [-0.15, -0.1) is 20.4 Å². The van der Waals surface area contributed by atoms with E-state index in [9.17, 15) is 0 Å². The smallest absolute Gasteiger partial charge is 0.347 e. The van der Waals surface area contributed by atoms with E-state index in [2.05, 4.69) is 49.8 Å². The van der Waals surface area contributed by atoms with Crippen molar-refractivity contribution in [2.24, 2.45) is 0 Å². The van der Waals surface area contributed by atoms with Crippen molar-refractivity contribution in [1.82, 2.24) is 49.7 Å². The Hall–Kier alpha value is -10.3. The molecular weight excluding hydrogens is 848 g/mol. The molecule has 22 nitrogen and oxygen atoms in total. The first-order valence-electron chi connectivity index (χ1n) is 16.8. The zero-order valence-electron chi connectivity index (χ0n) is 32.6. The number of nitrogen functional groups attached to an aromatic ring is 2. The van der Waals surface area contributed by atoms with E-state index in [0.717, 1.165) is 0 Å². The molecule has 0 bridgehead atoms. The monoisotopic (exact) mass is 874 g/mol. The Balaban J connectivity index is 0.000000292. The summed E-state index contributed by atoms with van der Waals surface area (Å²) < 4.78 is 12.0. The minimum atomic E-state index is -0.388. The molecule has 4 N–H and O–H groups in total. The maximum absolute atomic E-state index is 8.42. The normalized spacial score (nSPS) is 8.67. The largest absolute Gasteiger partial charge is 0.462 e. The molecule has 0 unspecified atom stereocenters. The van der Waals surface area contributed by atoms with Crippen molar-refractivity contribution in [1.29, 1.82) is 42.1 Å². The van der Waals surface area contributed by atoms with Gasteiger partial charge in [0.05, 0.1) is 14.2 Å². The summed E-state index contributed by atoms with van der Waals surface area (Å²) in [6.45, 7) is 0. The van der Waals surface area contributed by atoms with Crippen LogP contribution in [0.3, 0.4) is 0 Å². The van der Waals surface area contributed by atoms with Crippen LogP contribution in [0.2, 0.25) is 0 Å². The molecule has 0 aliphatic carbocycles. The number of hydrogen-bond donors (Lipinski definition) is 2. The molecule has 0 aromatic carbocycles. The van der Waals surface area contributed by atoms with Gasteiger partial charge in [0.15, 0.2) is 0 Å². The summed E-state index contributed by atoms with van der Waals surface area (Å²) in [7, 11) is 2.36. The first-order chi connectivity index (χ1) is 30.2. The van der Waals surface area contributed by atoms with E-state index in [0.29, 0.717) is 46.1 Å². The Morgan fingerprint density at radius 1 is 0.460 bits per heavy atom. The topological polar surface area (TPSA) is 374 Å². The third kappa shape index (κ3) is 12.9. The molecule has 0 saturated heterocycles. The number of aromatic nitrogens is 10. The maximum atomic E-state index is 8.42. The molecule has 6 rings (SSSR count). The van der Waals surface area contributed by atoms with E-state index >= 15 is 0 Å². The Labute approximate surface area is 369 Å². The summed E-state index contributed by atoms with van der Waals surface area (Å²) in [4.78, 5) is 16.8. The molecule has 6 aromatic heterocycles. The first-order valence-corrected chi connectivity index (χ1v) is 16.8. The minimum Gasteiger partial charge on any atom is -0.462 e. The minimum absolute atomic E-state index is 0. The summed E-state index contributed by atoms with van der Waals surface area (Å²) in [6.07, 6.45) is 6.74. The van der Waals surface area contributed by atoms with Gasteiger partial charge in [0.25, 0.3) is 0 Å². The van der Waals surface area contributed by atoms with Crippen LogP contribution in [0.1, 0.15) is 0 Å². The molecular formula is C40H26FeN20O2+2. The molecule has 0 saturated carbocycles. The van der Waals surface area contributed by atoms with Gasteiger partial charge in [0.1, 0.15) is 22.8 Å². The molecule has 0 aliphatic rings. The van der Waals surface area contributed by atoms with Crippen LogP contribution in [0.4, 0.5) is 0 Å². The molecule has 6 heterocycles. The zero-order valence-corrected chi connectivity index (χ0v) is 33.7. The van der Waals surface area contributed by atoms with Crippen LogP contribution >= 0.6 is 0 Å². The van der Waals surface area contributed by atoms with E-state index in [4.69, 9.17) is 53.8 Å². The molecule has 304 valence electrons. The van der Waals surface area contributed by atoms with Crippen molar-refractivity contribution >= 4 is 0 Å². The number of nitrogens with two attached hydrogens (primary N) is 2. The van der Waals surface area contributed by atoms with Gasteiger partial charge >= 0.3 is 34.5 Å². The standard InChI is InChI=1S/2C12H10N6.2C8H3N4O.Fe/c2*13-18-11(9-5-1-3-7-14-9)16-17-12(18)10-6-2-4-8-15-10;2*1-13-8(6(2-9)3-10)7(4-11)5-12;/h2*1-8H,13H2;2*1H3;/q;;2*+1;. The van der Waals surface area contributed by atoms with Gasteiger partial charge in [0.2, 0.25) is 71.9 Å². The number of rotatable bonds is 8. The van der Waals surface area contributed by atoms with Gasteiger partial charge in [-0.3, -0.25) is 19.9 Å². The average Bonchev–Trinajstić information content (AvgIpc) is 3.92. The van der Waals surface area contributed by atoms with Crippen molar-refractivity contribution in [3.8, 4) is 94.6 Å². The van der Waals surface area contributed by atoms with E-state index in [1.54, 1.807) is 24.8 Å². The SMILES string of the molecule is COC(=C(C#N)C#N)[C+](C#N)C#N.COC(=C(C#N)C#N)[C+](C#N)C#N.Nn1c(-c2ccccn2)nnc1-c1ccccn1.Nn1c(-c2ccccn2)nnc1-c1ccccn1.[Fe]. The van der Waals surface area contributed by atoms with Gasteiger partial charge in [-0.25, -0.2) is 9.35 Å². The van der Waals surface area contributed by atoms with Crippen LogP contribution in [0, 0.1) is 102 Å². The number of allylic oxidation sites excluding steroid dienone is 4. The second-order valence-electron chi connectivity index (χ2n) is 10.8. The van der Waals surface area contributed by atoms with Gasteiger partial charge in [0, 0.05) is 41.9 Å². The van der Waals surface area contributed by atoms with Crippen LogP contribution in [0.15, 0.2) is 120 Å². The third-order valence-corrected chi connectivity index (χ3v) is 7.18. The van der Waals surface area contributed by atoms with Crippen LogP contribution in [-0.4, -0.2) is 63.9 Å². The van der Waals surface area contributed by atoms with Crippen LogP contribution < -0.4 is 11.7 Å². The van der Waals surface area contributed by atoms with E-state index in [1.165, 1.54) is 72.1 Å². The third-order valence-electron chi connectivity index (χ3n) is 7.18. The van der Waals surface area contributed by atoms with Gasteiger partial charge in [-0.05, 0) is 48.5 Å². The Bertz CT molecular complexity index is 2470. The summed E-state index contributed by atoms with van der Waals surface area (Å²) >= 11 is 0. The molecule has 0 aliphatic heterocycles. The van der Waals surface area contributed by atoms with Gasteiger partial charge in [-0.2, -0.15) is 42.1 Å². The van der Waals surface area contributed by atoms with Crippen molar-refractivity contribution in [3.05, 3.63) is 132 Å². The summed E-state index contributed by atoms with van der Waals surface area (Å²) in [5.74, 6) is 12.7. The molecule has 6 aromatic rings. The zero-order chi connectivity index (χ0) is 45.3. The van der Waals surface area contributed by atoms with E-state index < -0.39 is 0 Å². The molecule has 0 spiro atoms. The Morgan fingerprint density at radius 3 is 0.857 bits per heavy atom. The van der Waals surface area contributed by atoms with E-state index in [1.807, 2.05) is 72.8 Å². The molecule has 0 radical (unpaired) electrons. The van der Waals surface area contributed by atoms with Crippen molar-refractivity contribution in [2.45, 2.75) is 0 Å². The number of methoxy groups -OCH3 is 2. The number of ether oxygens (including phenoxy) is 2. The summed E-state index contributed by atoms with van der Waals surface area (Å²) in [5, 5.41) is 83.6. The first kappa shape index (κ1) is 48.9. The molecule has 23 heteroatoms. The van der Waals surface area contributed by atoms with Crippen molar-refractivity contribution < 1.29 is 26.5 Å². The fourth-order valence-corrected chi connectivity index (χ4v) is 4.43. The van der Waals surface area contributed by atoms with Crippen LogP contribution in [0.5, 0.6) is 0 Å². The number of nitrogens with zero attached hydrogens (tertiary/aromatic N) is 18. The molecule has 0 atom stereocenters. The predicted octanol–water partition coefficient (Wildman–Crippen LogP) is 3.34. The van der Waals surface area contributed by atoms with Crippen molar-refractivity contribution in [2.75, 3.05) is 25.9 Å². The summed E-state index contributed by atoms with van der Waals surface area (Å²) in [6, 6.07) is 34.3. The average molecular weight is 875 g/mol. The molecule has 0 amide bonds. The van der Waals surface area contributed by atoms with Gasteiger partial charge < -0.3 is 21.2 Å². The van der Waals surface area contributed by atoms with Gasteiger partial charge in [-0.1, -0.05) is 24.3 Å². The Kier molecular flexibility index (Phi) is 20.1. The second-order valence-corrected chi connectivity index (χ2v) is 10.8. The van der Waals surface area contributed by atoms with E-state index in [-0.39, 0.29) is 51.6 Å². The molecule has 63 heavy (non-hydrogen) atoms. The maximum Gasteiger partial charge on any atom is 0.347 e. The summed E-state index contributed by atoms with van der Waals surface area (Å²) in [5.41, 5.74) is 1.93. The predicted molar refractivity (Wildman–Crippen MR) is 213 cm³/mol. The fourth-order valence-electron chi connectivity index (χ4n) is 4.43. The fraction of sp³-hybridized carbons (Fsp3) is 0.0500. The number of pyridine rings is 4. The number of nitriles is 8. The Morgan fingerprint density at radius 2 is 0.698 bits per heavy atom. The number of hydrogen-bond acceptors (Lipinski definition) is 20. The van der Waals surface area contributed by atoms with Crippen LogP contribution in [0.25, 0.3) is 46.1 Å². The quantitative estimate of drug-likeness (QED) is 0.0727. The molecule has 0 fully saturated rings.